The van der Waals surface area contributed by atoms with E-state index in [2.05, 4.69) is 191 Å². The van der Waals surface area contributed by atoms with Crippen LogP contribution in [-0.2, 0) is 0 Å². The molecular formula is C53H37N5. The highest BCUT2D eigenvalue weighted by molar-refractivity contribution is 6.15. The Morgan fingerprint density at radius 2 is 1.19 bits per heavy atom. The molecule has 274 valence electrons. The minimum atomic E-state index is -0.256. The molecule has 0 fully saturated rings. The van der Waals surface area contributed by atoms with Crippen molar-refractivity contribution in [3.8, 4) is 0 Å². The van der Waals surface area contributed by atoms with Crippen molar-refractivity contribution >= 4 is 72.1 Å². The first-order valence-corrected chi connectivity index (χ1v) is 20.0. The van der Waals surface area contributed by atoms with Crippen molar-refractivity contribution in [1.29, 1.82) is 0 Å². The van der Waals surface area contributed by atoms with Crippen molar-refractivity contribution in [3.05, 3.63) is 222 Å². The molecule has 3 atom stereocenters. The van der Waals surface area contributed by atoms with Gasteiger partial charge in [0.15, 0.2) is 5.84 Å². The summed E-state index contributed by atoms with van der Waals surface area (Å²) in [6.45, 7) is 0. The molecule has 3 heterocycles. The standard InChI is InChI=1S/C53H37N5/c1-3-14-34(15-4-1)51-54-52(35-16-5-2-6-17-35)56-53(55-51)36-26-28-41(29-27-36)57-48-32-39-20-9-8-19-38(39)31-45(48)43-23-13-25-47(50(43)57)58-46-24-12-11-22-42(46)44-30-37-18-7-10-21-40(37)33-49(44)58/h1-33,43,50-51H,(H,54,55,56). The number of aromatic nitrogens is 1. The second-order valence-corrected chi connectivity index (χ2v) is 15.4. The number of para-hydroxylation sites is 1. The molecule has 0 spiro atoms. The summed E-state index contributed by atoms with van der Waals surface area (Å²) in [5.74, 6) is 1.67. The number of benzene rings is 8. The predicted octanol–water partition coefficient (Wildman–Crippen LogP) is 12.3. The Balaban J connectivity index is 1.01. The smallest absolute Gasteiger partial charge is 0.159 e. The summed E-state index contributed by atoms with van der Waals surface area (Å²) < 4.78 is 2.53. The molecule has 3 unspecified atom stereocenters. The van der Waals surface area contributed by atoms with Crippen molar-refractivity contribution < 1.29 is 0 Å². The minimum Gasteiger partial charge on any atom is -0.344 e. The van der Waals surface area contributed by atoms with Gasteiger partial charge >= 0.3 is 0 Å². The zero-order valence-electron chi connectivity index (χ0n) is 31.6. The lowest BCUT2D eigenvalue weighted by atomic mass is 9.88. The van der Waals surface area contributed by atoms with E-state index in [0.717, 1.165) is 34.0 Å². The molecule has 0 bridgehead atoms. The third-order valence-electron chi connectivity index (χ3n) is 12.1. The van der Waals surface area contributed by atoms with E-state index in [1.165, 1.54) is 60.3 Å². The molecule has 1 N–H and O–H groups in total. The normalized spacial score (nSPS) is 18.5. The molecule has 0 saturated heterocycles. The average molecular weight is 744 g/mol. The van der Waals surface area contributed by atoms with Crippen molar-refractivity contribution in [1.82, 2.24) is 9.88 Å². The van der Waals surface area contributed by atoms with Gasteiger partial charge in [0.1, 0.15) is 12.0 Å². The van der Waals surface area contributed by atoms with Crippen molar-refractivity contribution in [2.45, 2.75) is 18.1 Å². The zero-order chi connectivity index (χ0) is 38.2. The number of rotatable bonds is 5. The third kappa shape index (κ3) is 5.17. The SMILES string of the molecule is C1=CC2c3cc4ccccc4cc3N(c3ccc(C4=NC(c5ccccc5)=NC(c5ccccc5)N4)cc3)C2C(n2c3ccccc3c3cc4ccccc4cc32)=C1. The Bertz CT molecular complexity index is 3210. The Labute approximate surface area is 336 Å². The van der Waals surface area contributed by atoms with Gasteiger partial charge in [-0.1, -0.05) is 140 Å². The fourth-order valence-electron chi connectivity index (χ4n) is 9.44. The quantitative estimate of drug-likeness (QED) is 0.191. The number of fused-ring (bicyclic) bond motifs is 8. The summed E-state index contributed by atoms with van der Waals surface area (Å²) in [7, 11) is 0. The van der Waals surface area contributed by atoms with Gasteiger partial charge in [-0.3, -0.25) is 0 Å². The van der Waals surface area contributed by atoms with Gasteiger partial charge in [-0.15, -0.1) is 0 Å². The van der Waals surface area contributed by atoms with Gasteiger partial charge < -0.3 is 14.8 Å². The highest BCUT2D eigenvalue weighted by atomic mass is 15.2. The van der Waals surface area contributed by atoms with Crippen molar-refractivity contribution in [2.24, 2.45) is 9.98 Å². The number of hydrogen-bond donors (Lipinski definition) is 1. The fraction of sp³-hybridized carbons (Fsp3) is 0.0566. The van der Waals surface area contributed by atoms with Crippen LogP contribution in [0, 0.1) is 0 Å². The molecule has 5 heteroatoms. The van der Waals surface area contributed by atoms with Crippen LogP contribution < -0.4 is 10.2 Å². The average Bonchev–Trinajstić information content (AvgIpc) is 3.79. The maximum Gasteiger partial charge on any atom is 0.159 e. The summed E-state index contributed by atoms with van der Waals surface area (Å²) >= 11 is 0. The molecule has 1 aliphatic carbocycles. The van der Waals surface area contributed by atoms with E-state index in [1.54, 1.807) is 0 Å². The maximum atomic E-state index is 5.11. The Hall–Kier alpha value is -7.50. The lowest BCUT2D eigenvalue weighted by Crippen LogP contribution is -2.34. The molecule has 58 heavy (non-hydrogen) atoms. The number of hydrogen-bond acceptors (Lipinski definition) is 4. The lowest BCUT2D eigenvalue weighted by molar-refractivity contribution is 0.674. The number of nitrogens with one attached hydrogen (secondary N) is 1. The van der Waals surface area contributed by atoms with Gasteiger partial charge in [0.2, 0.25) is 0 Å². The first-order chi connectivity index (χ1) is 28.7. The topological polar surface area (TPSA) is 44.9 Å². The van der Waals surface area contributed by atoms with Crippen LogP contribution in [0.15, 0.2) is 210 Å². The predicted molar refractivity (Wildman–Crippen MR) is 241 cm³/mol. The molecule has 8 aromatic carbocycles. The van der Waals surface area contributed by atoms with Gasteiger partial charge in [-0.2, -0.15) is 0 Å². The number of aliphatic imine (C=N–C) groups is 2. The summed E-state index contributed by atoms with van der Waals surface area (Å²) in [4.78, 5) is 12.7. The van der Waals surface area contributed by atoms with E-state index in [0.29, 0.717) is 0 Å². The van der Waals surface area contributed by atoms with E-state index in [4.69, 9.17) is 9.98 Å². The highest BCUT2D eigenvalue weighted by Crippen LogP contribution is 2.53. The van der Waals surface area contributed by atoms with E-state index >= 15 is 0 Å². The molecule has 1 aromatic heterocycles. The summed E-state index contributed by atoms with van der Waals surface area (Å²) in [5, 5.41) is 11.2. The van der Waals surface area contributed by atoms with E-state index in [1.807, 2.05) is 24.3 Å². The van der Waals surface area contributed by atoms with E-state index < -0.39 is 0 Å². The van der Waals surface area contributed by atoms with E-state index in [9.17, 15) is 0 Å². The van der Waals surface area contributed by atoms with Gasteiger partial charge in [0, 0.05) is 44.9 Å². The number of amidine groups is 2. The molecule has 5 nitrogen and oxygen atoms in total. The Morgan fingerprint density at radius 3 is 1.97 bits per heavy atom. The van der Waals surface area contributed by atoms with Crippen LogP contribution in [0.5, 0.6) is 0 Å². The van der Waals surface area contributed by atoms with Gasteiger partial charge in [-0.25, -0.2) is 9.98 Å². The molecular weight excluding hydrogens is 707 g/mol. The van der Waals surface area contributed by atoms with Gasteiger partial charge in [-0.05, 0) is 93.3 Å². The van der Waals surface area contributed by atoms with Crippen LogP contribution in [0.2, 0.25) is 0 Å². The summed E-state index contributed by atoms with van der Waals surface area (Å²) in [6, 6.07) is 65.5. The molecule has 12 rings (SSSR count). The molecule has 2 aliphatic heterocycles. The first-order valence-electron chi connectivity index (χ1n) is 20.0. The van der Waals surface area contributed by atoms with Crippen LogP contribution in [0.1, 0.15) is 34.3 Å². The van der Waals surface area contributed by atoms with Crippen LogP contribution in [-0.4, -0.2) is 22.3 Å². The van der Waals surface area contributed by atoms with Crippen LogP contribution in [0.4, 0.5) is 11.4 Å². The number of nitrogens with zero attached hydrogens (tertiary/aromatic N) is 4. The van der Waals surface area contributed by atoms with Gasteiger partial charge in [0.05, 0.1) is 17.1 Å². The third-order valence-corrected chi connectivity index (χ3v) is 12.1. The van der Waals surface area contributed by atoms with Crippen LogP contribution in [0.3, 0.4) is 0 Å². The number of anilines is 2. The maximum absolute atomic E-state index is 5.11. The zero-order valence-corrected chi connectivity index (χ0v) is 31.6. The molecule has 0 amide bonds. The van der Waals surface area contributed by atoms with Crippen LogP contribution >= 0.6 is 0 Å². The van der Waals surface area contributed by atoms with Crippen LogP contribution in [0.25, 0.3) is 49.0 Å². The largest absolute Gasteiger partial charge is 0.344 e. The monoisotopic (exact) mass is 743 g/mol. The summed E-state index contributed by atoms with van der Waals surface area (Å²) in [5.41, 5.74) is 10.5. The fourth-order valence-corrected chi connectivity index (χ4v) is 9.44. The number of allylic oxidation sites excluding steroid dienone is 2. The Morgan fingerprint density at radius 1 is 0.534 bits per heavy atom. The van der Waals surface area contributed by atoms with Crippen molar-refractivity contribution in [2.75, 3.05) is 4.90 Å². The Kier molecular flexibility index (Phi) is 7.35. The lowest BCUT2D eigenvalue weighted by Gasteiger charge is -2.34. The highest BCUT2D eigenvalue weighted by Gasteiger charge is 2.43. The molecule has 3 aliphatic rings. The second-order valence-electron chi connectivity index (χ2n) is 15.4. The van der Waals surface area contributed by atoms with Crippen molar-refractivity contribution in [3.63, 3.8) is 0 Å². The first kappa shape index (κ1) is 32.7. The molecule has 9 aromatic rings. The molecule has 0 saturated carbocycles. The second kappa shape index (κ2) is 13.0. The summed E-state index contributed by atoms with van der Waals surface area (Å²) in [6.07, 6.45) is 6.75. The van der Waals surface area contributed by atoms with E-state index in [-0.39, 0.29) is 18.1 Å². The molecule has 0 radical (unpaired) electrons. The van der Waals surface area contributed by atoms with Gasteiger partial charge in [0.25, 0.3) is 0 Å². The minimum absolute atomic E-state index is 0.0116.